The molecular weight excluding hydrogens is 296 g/mol. The Bertz CT molecular complexity index is 495. The van der Waals surface area contributed by atoms with Gasteiger partial charge in [-0.15, -0.1) is 11.6 Å². The Labute approximate surface area is 128 Å². The third kappa shape index (κ3) is 4.67. The minimum atomic E-state index is -0.679. The minimum absolute atomic E-state index is 0.0651. The van der Waals surface area contributed by atoms with E-state index in [2.05, 4.69) is 5.32 Å². The van der Waals surface area contributed by atoms with Crippen molar-refractivity contribution < 1.29 is 13.6 Å². The Morgan fingerprint density at radius 3 is 2.62 bits per heavy atom. The summed E-state index contributed by atoms with van der Waals surface area (Å²) in [7, 11) is 0. The molecule has 1 aliphatic carbocycles. The summed E-state index contributed by atoms with van der Waals surface area (Å²) < 4.78 is 26.3. The number of amides is 1. The Morgan fingerprint density at radius 2 is 1.95 bits per heavy atom. The lowest BCUT2D eigenvalue weighted by molar-refractivity contribution is -0.120. The molecule has 1 saturated carbocycles. The number of hydrogen-bond acceptors (Lipinski definition) is 1. The highest BCUT2D eigenvalue weighted by Gasteiger charge is 2.24. The van der Waals surface area contributed by atoms with Gasteiger partial charge in [-0.2, -0.15) is 0 Å². The average Bonchev–Trinajstić information content (AvgIpc) is 2.48. The van der Waals surface area contributed by atoms with Crippen LogP contribution >= 0.6 is 11.6 Å². The maximum Gasteiger partial charge on any atom is 0.224 e. The summed E-state index contributed by atoms with van der Waals surface area (Å²) in [5.41, 5.74) is 0.214. The molecule has 1 aromatic carbocycles. The molecule has 0 heterocycles. The van der Waals surface area contributed by atoms with Gasteiger partial charge in [0.2, 0.25) is 5.91 Å². The molecule has 0 spiro atoms. The first-order valence-electron chi connectivity index (χ1n) is 7.36. The van der Waals surface area contributed by atoms with E-state index in [1.54, 1.807) is 0 Å². The smallest absolute Gasteiger partial charge is 0.224 e. The van der Waals surface area contributed by atoms with Gasteiger partial charge in [-0.3, -0.25) is 4.79 Å². The third-order valence-corrected chi connectivity index (χ3v) is 4.59. The van der Waals surface area contributed by atoms with Crippen molar-refractivity contribution in [3.8, 4) is 0 Å². The zero-order valence-electron chi connectivity index (χ0n) is 11.9. The Balaban J connectivity index is 1.84. The molecule has 1 N–H and O–H groups in total. The summed E-state index contributed by atoms with van der Waals surface area (Å²) >= 11 is 5.96. The van der Waals surface area contributed by atoms with Crippen molar-refractivity contribution in [3.05, 3.63) is 35.4 Å². The van der Waals surface area contributed by atoms with Crippen LogP contribution in [-0.4, -0.2) is 18.3 Å². The van der Waals surface area contributed by atoms with Gasteiger partial charge in [0.1, 0.15) is 11.6 Å². The van der Waals surface area contributed by atoms with Gasteiger partial charge in [-0.05, 0) is 36.3 Å². The first-order valence-corrected chi connectivity index (χ1v) is 7.90. The molecule has 0 saturated heterocycles. The van der Waals surface area contributed by atoms with Crippen molar-refractivity contribution in [2.24, 2.45) is 11.8 Å². The van der Waals surface area contributed by atoms with Crippen molar-refractivity contribution in [2.75, 3.05) is 12.4 Å². The van der Waals surface area contributed by atoms with Crippen molar-refractivity contribution in [3.63, 3.8) is 0 Å². The molecule has 1 fully saturated rings. The topological polar surface area (TPSA) is 29.1 Å². The fourth-order valence-electron chi connectivity index (χ4n) is 2.90. The fraction of sp³-hybridized carbons (Fsp3) is 0.562. The summed E-state index contributed by atoms with van der Waals surface area (Å²) in [6.07, 6.45) is 4.48. The summed E-state index contributed by atoms with van der Waals surface area (Å²) in [5.74, 6) is -0.0844. The number of nitrogens with one attached hydrogen (secondary N) is 1. The summed E-state index contributed by atoms with van der Waals surface area (Å²) in [6, 6.07) is 3.27. The Morgan fingerprint density at radius 1 is 1.24 bits per heavy atom. The second-order valence-corrected chi connectivity index (χ2v) is 5.98. The molecule has 21 heavy (non-hydrogen) atoms. The maximum atomic E-state index is 13.5. The van der Waals surface area contributed by atoms with Crippen molar-refractivity contribution >= 4 is 17.5 Å². The van der Waals surface area contributed by atoms with E-state index in [4.69, 9.17) is 11.6 Å². The van der Waals surface area contributed by atoms with Crippen LogP contribution in [-0.2, 0) is 11.2 Å². The number of hydrogen-bond donors (Lipinski definition) is 1. The van der Waals surface area contributed by atoms with Crippen LogP contribution in [0.15, 0.2) is 18.2 Å². The molecular formula is C16H20ClF2NO. The molecule has 0 aromatic heterocycles. The number of carbonyl (C=O) groups excluding carboxylic acids is 1. The highest BCUT2D eigenvalue weighted by molar-refractivity contribution is 6.18. The molecule has 0 radical (unpaired) electrons. The number of rotatable bonds is 5. The van der Waals surface area contributed by atoms with Crippen LogP contribution in [0.5, 0.6) is 0 Å². The summed E-state index contributed by atoms with van der Waals surface area (Å²) in [4.78, 5) is 11.9. The van der Waals surface area contributed by atoms with E-state index in [9.17, 15) is 13.6 Å². The van der Waals surface area contributed by atoms with E-state index in [0.717, 1.165) is 25.0 Å². The minimum Gasteiger partial charge on any atom is -0.356 e. The van der Waals surface area contributed by atoms with Crippen LogP contribution in [0.3, 0.4) is 0 Å². The van der Waals surface area contributed by atoms with Gasteiger partial charge >= 0.3 is 0 Å². The lowest BCUT2D eigenvalue weighted by atomic mass is 9.80. The van der Waals surface area contributed by atoms with Crippen molar-refractivity contribution in [2.45, 2.75) is 32.1 Å². The SMILES string of the molecule is O=C(Cc1ccc(F)cc1F)NCC1CCCCC1CCl. The highest BCUT2D eigenvalue weighted by Crippen LogP contribution is 2.30. The lowest BCUT2D eigenvalue weighted by Gasteiger charge is -2.30. The van der Waals surface area contributed by atoms with E-state index in [-0.39, 0.29) is 17.9 Å². The van der Waals surface area contributed by atoms with Gasteiger partial charge in [-0.25, -0.2) is 8.78 Å². The molecule has 2 unspecified atom stereocenters. The second-order valence-electron chi connectivity index (χ2n) is 5.68. The van der Waals surface area contributed by atoms with Gasteiger partial charge in [0.25, 0.3) is 0 Å². The van der Waals surface area contributed by atoms with Crippen LogP contribution in [0, 0.1) is 23.5 Å². The molecule has 2 atom stereocenters. The number of carbonyl (C=O) groups is 1. The first kappa shape index (κ1) is 16.2. The number of halogens is 3. The summed E-state index contributed by atoms with van der Waals surface area (Å²) in [5, 5.41) is 2.85. The normalized spacial score (nSPS) is 22.0. The average molecular weight is 316 g/mol. The second kappa shape index (κ2) is 7.74. The molecule has 1 aliphatic rings. The van der Waals surface area contributed by atoms with Crippen LogP contribution in [0.25, 0.3) is 0 Å². The van der Waals surface area contributed by atoms with E-state index in [0.29, 0.717) is 24.3 Å². The van der Waals surface area contributed by atoms with Crippen LogP contribution in [0.1, 0.15) is 31.2 Å². The predicted octanol–water partition coefficient (Wildman–Crippen LogP) is 3.67. The van der Waals surface area contributed by atoms with Crippen LogP contribution in [0.4, 0.5) is 8.78 Å². The molecule has 1 aromatic rings. The number of benzene rings is 1. The van der Waals surface area contributed by atoms with E-state index in [1.807, 2.05) is 0 Å². The van der Waals surface area contributed by atoms with Gasteiger partial charge in [-0.1, -0.05) is 18.9 Å². The fourth-order valence-corrected chi connectivity index (χ4v) is 3.31. The largest absolute Gasteiger partial charge is 0.356 e. The monoisotopic (exact) mass is 315 g/mol. The standard InChI is InChI=1S/C16H20ClF2NO/c17-9-12-3-1-2-4-13(12)10-20-16(21)7-11-5-6-14(18)8-15(11)19/h5-6,8,12-13H,1-4,7,9-10H2,(H,20,21). The zero-order valence-corrected chi connectivity index (χ0v) is 12.6. The Kier molecular flexibility index (Phi) is 5.97. The van der Waals surface area contributed by atoms with E-state index >= 15 is 0 Å². The van der Waals surface area contributed by atoms with Gasteiger partial charge in [0.05, 0.1) is 6.42 Å². The van der Waals surface area contributed by atoms with Gasteiger partial charge in [0, 0.05) is 18.5 Å². The van der Waals surface area contributed by atoms with Crippen LogP contribution in [0.2, 0.25) is 0 Å². The molecule has 2 rings (SSSR count). The third-order valence-electron chi connectivity index (χ3n) is 4.19. The molecule has 0 bridgehead atoms. The van der Waals surface area contributed by atoms with E-state index in [1.165, 1.54) is 18.9 Å². The highest BCUT2D eigenvalue weighted by atomic mass is 35.5. The molecule has 2 nitrogen and oxygen atoms in total. The van der Waals surface area contributed by atoms with Crippen molar-refractivity contribution in [1.29, 1.82) is 0 Å². The van der Waals surface area contributed by atoms with Crippen molar-refractivity contribution in [1.82, 2.24) is 5.32 Å². The Hall–Kier alpha value is -1.16. The quantitative estimate of drug-likeness (QED) is 0.825. The predicted molar refractivity (Wildman–Crippen MR) is 79.2 cm³/mol. The molecule has 1 amide bonds. The van der Waals surface area contributed by atoms with E-state index < -0.39 is 11.6 Å². The van der Waals surface area contributed by atoms with Crippen LogP contribution < -0.4 is 5.32 Å². The zero-order chi connectivity index (χ0) is 15.2. The molecule has 116 valence electrons. The maximum absolute atomic E-state index is 13.5. The summed E-state index contributed by atoms with van der Waals surface area (Å²) in [6.45, 7) is 0.582. The van der Waals surface area contributed by atoms with Gasteiger partial charge in [0.15, 0.2) is 0 Å². The molecule has 0 aliphatic heterocycles. The van der Waals surface area contributed by atoms with Gasteiger partial charge < -0.3 is 5.32 Å². The lowest BCUT2D eigenvalue weighted by Crippen LogP contribution is -2.35. The first-order chi connectivity index (χ1) is 10.1. The molecule has 5 heteroatoms. The number of alkyl halides is 1.